The molecule has 3 aromatic rings. The van der Waals surface area contributed by atoms with Gasteiger partial charge < -0.3 is 0 Å². The van der Waals surface area contributed by atoms with Crippen molar-refractivity contribution in [2.75, 3.05) is 0 Å². The van der Waals surface area contributed by atoms with Crippen LogP contribution < -0.4 is 0 Å². The summed E-state index contributed by atoms with van der Waals surface area (Å²) in [6.07, 6.45) is 0. The molecule has 0 spiro atoms. The maximum atomic E-state index is 5.93. The largest absolute Gasteiger partial charge is 0.236 e. The van der Waals surface area contributed by atoms with E-state index >= 15 is 0 Å². The van der Waals surface area contributed by atoms with E-state index < -0.39 is 0 Å². The SMILES string of the molecule is Cc1sc(-c2ccc(Br)cc2)nc1-c1ccc(Cl)cc1. The standard InChI is InChI=1S/C16H11BrClNS/c1-10-15(11-4-8-14(18)9-5-11)19-16(20-10)12-2-6-13(17)7-3-12/h2-9H,1H3. The Balaban J connectivity index is 2.02. The lowest BCUT2D eigenvalue weighted by atomic mass is 10.1. The second-order valence-corrected chi connectivity index (χ2v) is 6.99. The minimum Gasteiger partial charge on any atom is -0.236 e. The van der Waals surface area contributed by atoms with Crippen molar-refractivity contribution in [1.29, 1.82) is 0 Å². The van der Waals surface area contributed by atoms with Gasteiger partial charge in [0.25, 0.3) is 0 Å². The van der Waals surface area contributed by atoms with Gasteiger partial charge in [0.05, 0.1) is 5.69 Å². The first-order valence-electron chi connectivity index (χ1n) is 6.13. The van der Waals surface area contributed by atoms with Crippen LogP contribution in [0, 0.1) is 6.92 Å². The van der Waals surface area contributed by atoms with E-state index in [2.05, 4.69) is 35.0 Å². The summed E-state index contributed by atoms with van der Waals surface area (Å²) < 4.78 is 1.08. The molecule has 0 saturated heterocycles. The molecule has 0 aliphatic heterocycles. The lowest BCUT2D eigenvalue weighted by Gasteiger charge is -1.98. The second kappa shape index (κ2) is 5.68. The molecule has 0 aliphatic carbocycles. The summed E-state index contributed by atoms with van der Waals surface area (Å²) in [5.41, 5.74) is 3.28. The summed E-state index contributed by atoms with van der Waals surface area (Å²) in [4.78, 5) is 5.98. The van der Waals surface area contributed by atoms with Gasteiger partial charge >= 0.3 is 0 Å². The molecule has 0 N–H and O–H groups in total. The Kier molecular flexibility index (Phi) is 3.92. The molecule has 3 rings (SSSR count). The molecule has 2 aromatic carbocycles. The summed E-state index contributed by atoms with van der Waals surface area (Å²) in [5.74, 6) is 0. The van der Waals surface area contributed by atoms with Crippen LogP contribution in [0.15, 0.2) is 53.0 Å². The smallest absolute Gasteiger partial charge is 0.124 e. The summed E-state index contributed by atoms with van der Waals surface area (Å²) in [5, 5.41) is 1.79. The molecule has 1 heterocycles. The Morgan fingerprint density at radius 1 is 0.950 bits per heavy atom. The van der Waals surface area contributed by atoms with Crippen molar-refractivity contribution in [3.8, 4) is 21.8 Å². The van der Waals surface area contributed by atoms with Crippen molar-refractivity contribution >= 4 is 38.9 Å². The molecular weight excluding hydrogens is 354 g/mol. The van der Waals surface area contributed by atoms with Crippen LogP contribution >= 0.6 is 38.9 Å². The Bertz CT molecular complexity index is 732. The molecular formula is C16H11BrClNS. The van der Waals surface area contributed by atoms with Crippen molar-refractivity contribution in [3.63, 3.8) is 0 Å². The number of rotatable bonds is 2. The van der Waals surface area contributed by atoms with E-state index in [1.54, 1.807) is 11.3 Å². The fourth-order valence-electron chi connectivity index (χ4n) is 1.99. The number of hydrogen-bond acceptors (Lipinski definition) is 2. The zero-order chi connectivity index (χ0) is 14.1. The van der Waals surface area contributed by atoms with E-state index in [1.165, 1.54) is 4.88 Å². The van der Waals surface area contributed by atoms with Crippen molar-refractivity contribution in [3.05, 3.63) is 62.9 Å². The van der Waals surface area contributed by atoms with Gasteiger partial charge in [0.15, 0.2) is 0 Å². The highest BCUT2D eigenvalue weighted by Crippen LogP contribution is 2.34. The van der Waals surface area contributed by atoms with E-state index in [0.29, 0.717) is 0 Å². The highest BCUT2D eigenvalue weighted by Gasteiger charge is 2.11. The third-order valence-electron chi connectivity index (χ3n) is 3.01. The molecule has 1 nitrogen and oxygen atoms in total. The van der Waals surface area contributed by atoms with Crippen LogP contribution in [-0.2, 0) is 0 Å². The van der Waals surface area contributed by atoms with Crippen molar-refractivity contribution in [2.45, 2.75) is 6.92 Å². The number of benzene rings is 2. The van der Waals surface area contributed by atoms with E-state index in [0.717, 1.165) is 31.3 Å². The zero-order valence-corrected chi connectivity index (χ0v) is 13.9. The summed E-state index contributed by atoms with van der Waals surface area (Å²) in [7, 11) is 0. The van der Waals surface area contributed by atoms with E-state index in [1.807, 2.05) is 36.4 Å². The Labute approximate surface area is 135 Å². The average Bonchev–Trinajstić information content (AvgIpc) is 2.82. The number of thiazole rings is 1. The maximum Gasteiger partial charge on any atom is 0.124 e. The lowest BCUT2D eigenvalue weighted by molar-refractivity contribution is 1.37. The molecule has 0 atom stereocenters. The maximum absolute atomic E-state index is 5.93. The van der Waals surface area contributed by atoms with E-state index in [-0.39, 0.29) is 0 Å². The zero-order valence-electron chi connectivity index (χ0n) is 10.7. The number of aromatic nitrogens is 1. The molecule has 0 saturated carbocycles. The summed E-state index contributed by atoms with van der Waals surface area (Å²) >= 11 is 11.1. The molecule has 0 bridgehead atoms. The molecule has 20 heavy (non-hydrogen) atoms. The third-order valence-corrected chi connectivity index (χ3v) is 4.81. The van der Waals surface area contributed by atoms with E-state index in [4.69, 9.17) is 16.6 Å². The first-order valence-corrected chi connectivity index (χ1v) is 8.11. The highest BCUT2D eigenvalue weighted by atomic mass is 79.9. The van der Waals surface area contributed by atoms with Crippen molar-refractivity contribution in [2.24, 2.45) is 0 Å². The summed E-state index contributed by atoms with van der Waals surface area (Å²) in [6.45, 7) is 2.10. The summed E-state index contributed by atoms with van der Waals surface area (Å²) in [6, 6.07) is 16.0. The number of halogens is 2. The van der Waals surface area contributed by atoms with Gasteiger partial charge in [0.1, 0.15) is 5.01 Å². The monoisotopic (exact) mass is 363 g/mol. The molecule has 1 aromatic heterocycles. The van der Waals surface area contributed by atoms with Crippen LogP contribution in [0.5, 0.6) is 0 Å². The molecule has 0 unspecified atom stereocenters. The predicted octanol–water partition coefficient (Wildman–Crippen LogP) is 6.20. The van der Waals surface area contributed by atoms with Crippen LogP contribution in [-0.4, -0.2) is 4.98 Å². The minimum absolute atomic E-state index is 0.745. The van der Waals surface area contributed by atoms with Gasteiger partial charge in [0.2, 0.25) is 0 Å². The van der Waals surface area contributed by atoms with Gasteiger partial charge in [-0.05, 0) is 31.2 Å². The third kappa shape index (κ3) is 2.80. The highest BCUT2D eigenvalue weighted by molar-refractivity contribution is 9.10. The lowest BCUT2D eigenvalue weighted by Crippen LogP contribution is -1.81. The van der Waals surface area contributed by atoms with Gasteiger partial charge in [-0.2, -0.15) is 0 Å². The van der Waals surface area contributed by atoms with Gasteiger partial charge in [-0.3, -0.25) is 0 Å². The Morgan fingerprint density at radius 2 is 1.55 bits per heavy atom. The normalized spacial score (nSPS) is 10.8. The molecule has 0 aliphatic rings. The second-order valence-electron chi connectivity index (χ2n) is 4.44. The van der Waals surface area contributed by atoms with Crippen molar-refractivity contribution < 1.29 is 0 Å². The van der Waals surface area contributed by atoms with Gasteiger partial charge in [-0.25, -0.2) is 4.98 Å². The van der Waals surface area contributed by atoms with Gasteiger partial charge in [-0.15, -0.1) is 11.3 Å². The Hall–Kier alpha value is -1.16. The van der Waals surface area contributed by atoms with Crippen LogP contribution in [0.1, 0.15) is 4.88 Å². The number of aryl methyl sites for hydroxylation is 1. The molecule has 100 valence electrons. The fraction of sp³-hybridized carbons (Fsp3) is 0.0625. The number of nitrogens with zero attached hydrogens (tertiary/aromatic N) is 1. The number of hydrogen-bond donors (Lipinski definition) is 0. The van der Waals surface area contributed by atoms with Crippen LogP contribution in [0.3, 0.4) is 0 Å². The van der Waals surface area contributed by atoms with Gasteiger partial charge in [0, 0.05) is 25.5 Å². The molecule has 0 amide bonds. The van der Waals surface area contributed by atoms with E-state index in [9.17, 15) is 0 Å². The average molecular weight is 365 g/mol. The molecule has 0 radical (unpaired) electrons. The minimum atomic E-state index is 0.745. The predicted molar refractivity (Wildman–Crippen MR) is 90.4 cm³/mol. The van der Waals surface area contributed by atoms with Crippen molar-refractivity contribution in [1.82, 2.24) is 4.98 Å². The first kappa shape index (κ1) is 13.8. The molecule has 0 fully saturated rings. The molecule has 4 heteroatoms. The van der Waals surface area contributed by atoms with Crippen LogP contribution in [0.25, 0.3) is 21.8 Å². The van der Waals surface area contributed by atoms with Crippen LogP contribution in [0.2, 0.25) is 5.02 Å². The Morgan fingerprint density at radius 3 is 2.20 bits per heavy atom. The first-order chi connectivity index (χ1) is 9.63. The topological polar surface area (TPSA) is 12.9 Å². The quantitative estimate of drug-likeness (QED) is 0.527. The van der Waals surface area contributed by atoms with Crippen LogP contribution in [0.4, 0.5) is 0 Å². The van der Waals surface area contributed by atoms with Gasteiger partial charge in [-0.1, -0.05) is 51.8 Å². The fourth-order valence-corrected chi connectivity index (χ4v) is 3.32.